The minimum Gasteiger partial charge on any atom is -0.497 e. The maximum atomic E-state index is 13.6. The summed E-state index contributed by atoms with van der Waals surface area (Å²) in [5.41, 5.74) is 2.99. The number of methoxy groups -OCH3 is 1. The number of carbonyl (C=O) groups excluding carboxylic acids is 2. The quantitative estimate of drug-likeness (QED) is 0.475. The molecule has 0 fully saturated rings. The van der Waals surface area contributed by atoms with Crippen molar-refractivity contribution in [3.8, 4) is 5.75 Å². The molecule has 4 rings (SSSR count). The summed E-state index contributed by atoms with van der Waals surface area (Å²) in [5, 5.41) is 0. The molecule has 1 aliphatic heterocycles. The van der Waals surface area contributed by atoms with Crippen LogP contribution in [0.4, 0.5) is 4.39 Å². The van der Waals surface area contributed by atoms with E-state index in [4.69, 9.17) is 4.74 Å². The molecule has 0 aromatic heterocycles. The molecule has 0 saturated heterocycles. The Morgan fingerprint density at radius 3 is 2.12 bits per heavy atom. The average molecular weight is 445 g/mol. The zero-order valence-electron chi connectivity index (χ0n) is 18.6. The summed E-state index contributed by atoms with van der Waals surface area (Å²) in [7, 11) is 1.58. The SMILES string of the molecule is CCN(Cc1ccccc1)C1=C(c2ccc(F)cc2)C(=O)N(Cc2ccc(OC)cc2)C1=O. The summed E-state index contributed by atoms with van der Waals surface area (Å²) < 4.78 is 18.8. The molecule has 33 heavy (non-hydrogen) atoms. The Labute approximate surface area is 192 Å². The first-order chi connectivity index (χ1) is 16.0. The predicted molar refractivity (Wildman–Crippen MR) is 124 cm³/mol. The van der Waals surface area contributed by atoms with Crippen LogP contribution >= 0.6 is 0 Å². The van der Waals surface area contributed by atoms with Crippen LogP contribution in [0.2, 0.25) is 0 Å². The summed E-state index contributed by atoms with van der Waals surface area (Å²) in [6, 6.07) is 22.7. The lowest BCUT2D eigenvalue weighted by Gasteiger charge is -2.25. The lowest BCUT2D eigenvalue weighted by Crippen LogP contribution is -2.34. The average Bonchev–Trinajstić information content (AvgIpc) is 3.09. The van der Waals surface area contributed by atoms with Gasteiger partial charge in [0.15, 0.2) is 0 Å². The van der Waals surface area contributed by atoms with E-state index in [2.05, 4.69) is 0 Å². The van der Waals surface area contributed by atoms with Crippen LogP contribution in [-0.4, -0.2) is 35.3 Å². The fourth-order valence-corrected chi connectivity index (χ4v) is 3.94. The number of likely N-dealkylation sites (N-methyl/N-ethyl adjacent to an activating group) is 1. The van der Waals surface area contributed by atoms with Crippen molar-refractivity contribution in [2.45, 2.75) is 20.0 Å². The number of imide groups is 1. The molecule has 0 bridgehead atoms. The summed E-state index contributed by atoms with van der Waals surface area (Å²) >= 11 is 0. The Balaban J connectivity index is 1.72. The maximum Gasteiger partial charge on any atom is 0.278 e. The van der Waals surface area contributed by atoms with Gasteiger partial charge in [0.25, 0.3) is 11.8 Å². The van der Waals surface area contributed by atoms with Crippen molar-refractivity contribution in [2.24, 2.45) is 0 Å². The van der Waals surface area contributed by atoms with Crippen molar-refractivity contribution < 1.29 is 18.7 Å². The van der Waals surface area contributed by atoms with E-state index in [1.807, 2.05) is 54.3 Å². The predicted octanol–water partition coefficient (Wildman–Crippen LogP) is 4.64. The molecule has 1 aliphatic rings. The molecule has 5 nitrogen and oxygen atoms in total. The highest BCUT2D eigenvalue weighted by molar-refractivity contribution is 6.35. The Kier molecular flexibility index (Phi) is 6.54. The Hall–Kier alpha value is -3.93. The third kappa shape index (κ3) is 4.65. The number of rotatable bonds is 8. The standard InChI is InChI=1S/C27H25FN2O3/c1-3-29(17-19-7-5-4-6-8-19)25-24(21-11-13-22(28)14-12-21)26(31)30(27(25)32)18-20-9-15-23(33-2)16-10-20/h4-16H,3,17-18H2,1-2H3. The smallest absolute Gasteiger partial charge is 0.278 e. The molecule has 0 atom stereocenters. The van der Waals surface area contributed by atoms with Crippen molar-refractivity contribution in [1.82, 2.24) is 9.80 Å². The number of hydrogen-bond donors (Lipinski definition) is 0. The van der Waals surface area contributed by atoms with Crippen molar-refractivity contribution in [2.75, 3.05) is 13.7 Å². The third-order valence-electron chi connectivity index (χ3n) is 5.69. The highest BCUT2D eigenvalue weighted by atomic mass is 19.1. The third-order valence-corrected chi connectivity index (χ3v) is 5.69. The van der Waals surface area contributed by atoms with E-state index in [1.165, 1.54) is 17.0 Å². The van der Waals surface area contributed by atoms with E-state index in [0.717, 1.165) is 11.1 Å². The van der Waals surface area contributed by atoms with Gasteiger partial charge in [0.1, 0.15) is 17.3 Å². The molecule has 0 aliphatic carbocycles. The first kappa shape index (κ1) is 22.3. The molecule has 0 spiro atoms. The van der Waals surface area contributed by atoms with Crippen molar-refractivity contribution in [1.29, 1.82) is 0 Å². The Morgan fingerprint density at radius 2 is 1.52 bits per heavy atom. The minimum absolute atomic E-state index is 0.138. The van der Waals surface area contributed by atoms with Gasteiger partial charge in [-0.15, -0.1) is 0 Å². The monoisotopic (exact) mass is 444 g/mol. The second-order valence-corrected chi connectivity index (χ2v) is 7.77. The second-order valence-electron chi connectivity index (χ2n) is 7.77. The van der Waals surface area contributed by atoms with E-state index < -0.39 is 5.82 Å². The highest BCUT2D eigenvalue weighted by Crippen LogP contribution is 2.33. The van der Waals surface area contributed by atoms with Crippen molar-refractivity contribution >= 4 is 17.4 Å². The van der Waals surface area contributed by atoms with Crippen molar-refractivity contribution in [3.63, 3.8) is 0 Å². The minimum atomic E-state index is -0.399. The van der Waals surface area contributed by atoms with Gasteiger partial charge in [-0.25, -0.2) is 4.39 Å². The number of halogens is 1. The van der Waals surface area contributed by atoms with Gasteiger partial charge in [-0.1, -0.05) is 54.6 Å². The molecular weight excluding hydrogens is 419 g/mol. The first-order valence-corrected chi connectivity index (χ1v) is 10.8. The Morgan fingerprint density at radius 1 is 0.848 bits per heavy atom. The lowest BCUT2D eigenvalue weighted by molar-refractivity contribution is -0.138. The summed E-state index contributed by atoms with van der Waals surface area (Å²) in [6.07, 6.45) is 0. The molecule has 2 amide bonds. The van der Waals surface area contributed by atoms with Crippen LogP contribution in [0.3, 0.4) is 0 Å². The van der Waals surface area contributed by atoms with Gasteiger partial charge < -0.3 is 9.64 Å². The maximum absolute atomic E-state index is 13.6. The molecule has 6 heteroatoms. The van der Waals surface area contributed by atoms with E-state index in [-0.39, 0.29) is 18.4 Å². The van der Waals surface area contributed by atoms with E-state index >= 15 is 0 Å². The highest BCUT2D eigenvalue weighted by Gasteiger charge is 2.41. The summed E-state index contributed by atoms with van der Waals surface area (Å²) in [4.78, 5) is 30.3. The number of benzene rings is 3. The van der Waals surface area contributed by atoms with Crippen LogP contribution in [0.25, 0.3) is 5.57 Å². The molecule has 1 heterocycles. The van der Waals surface area contributed by atoms with Crippen LogP contribution in [-0.2, 0) is 22.7 Å². The molecular formula is C27H25FN2O3. The zero-order chi connectivity index (χ0) is 23.4. The fraction of sp³-hybridized carbons (Fsp3) is 0.185. The summed E-state index contributed by atoms with van der Waals surface area (Å²) in [6.45, 7) is 3.10. The zero-order valence-corrected chi connectivity index (χ0v) is 18.6. The van der Waals surface area contributed by atoms with Gasteiger partial charge >= 0.3 is 0 Å². The number of ether oxygens (including phenoxy) is 1. The van der Waals surface area contributed by atoms with E-state index in [0.29, 0.717) is 35.7 Å². The number of amides is 2. The van der Waals surface area contributed by atoms with Gasteiger partial charge in [0.05, 0.1) is 19.2 Å². The molecule has 3 aromatic rings. The van der Waals surface area contributed by atoms with Crippen LogP contribution in [0.15, 0.2) is 84.6 Å². The van der Waals surface area contributed by atoms with E-state index in [9.17, 15) is 14.0 Å². The summed E-state index contributed by atoms with van der Waals surface area (Å²) in [5.74, 6) is -0.440. The molecule has 0 saturated carbocycles. The second kappa shape index (κ2) is 9.69. The normalized spacial score (nSPS) is 13.6. The van der Waals surface area contributed by atoms with Gasteiger partial charge in [0.2, 0.25) is 0 Å². The van der Waals surface area contributed by atoms with Crippen LogP contribution in [0, 0.1) is 5.82 Å². The first-order valence-electron chi connectivity index (χ1n) is 10.8. The fourth-order valence-electron chi connectivity index (χ4n) is 3.94. The number of hydrogen-bond acceptors (Lipinski definition) is 4. The van der Waals surface area contributed by atoms with Crippen molar-refractivity contribution in [3.05, 3.63) is 107 Å². The molecule has 0 N–H and O–H groups in total. The molecule has 3 aromatic carbocycles. The van der Waals surface area contributed by atoms with E-state index in [1.54, 1.807) is 31.4 Å². The van der Waals surface area contributed by atoms with Gasteiger partial charge in [-0.05, 0) is 47.9 Å². The molecule has 168 valence electrons. The van der Waals surface area contributed by atoms with Gasteiger partial charge in [0, 0.05) is 13.1 Å². The van der Waals surface area contributed by atoms with Gasteiger partial charge in [-0.2, -0.15) is 0 Å². The lowest BCUT2D eigenvalue weighted by atomic mass is 10.0. The van der Waals surface area contributed by atoms with Crippen LogP contribution in [0.5, 0.6) is 5.75 Å². The molecule has 0 unspecified atom stereocenters. The van der Waals surface area contributed by atoms with Gasteiger partial charge in [-0.3, -0.25) is 14.5 Å². The largest absolute Gasteiger partial charge is 0.497 e. The topological polar surface area (TPSA) is 49.9 Å². The van der Waals surface area contributed by atoms with Crippen LogP contribution in [0.1, 0.15) is 23.6 Å². The number of nitrogens with zero attached hydrogens (tertiary/aromatic N) is 2. The Bertz CT molecular complexity index is 1170. The van der Waals surface area contributed by atoms with Crippen LogP contribution < -0.4 is 4.74 Å². The molecule has 0 radical (unpaired) electrons. The number of carbonyl (C=O) groups is 2.